The molecule has 3 unspecified atom stereocenters. The van der Waals surface area contributed by atoms with Gasteiger partial charge in [0.05, 0.1) is 70.5 Å². The summed E-state index contributed by atoms with van der Waals surface area (Å²) in [5.41, 5.74) is 7.52. The number of benzene rings is 2. The number of anilines is 2. The summed E-state index contributed by atoms with van der Waals surface area (Å²) in [5.74, 6) is 0.192. The first kappa shape index (κ1) is 44.2. The standard InChI is InChI=1S/C47H54N6O9/c1-30-25-32(9-11-36(30)38-26-31(38)2)8-10-33-27-35(34-5-4-15-48-28-34)29-50-44(33)49-16-18-60-20-22-62-24-23-61-21-19-59-17-14-42(55)51-39-7-3-6-37-43(39)47(58)53(46(37)57)40-12-13-41(54)52-45(40)56/h3-11,15,25,27-29,31,38,40,46,57H,12-14,16-24,26H2,1-2H3,(H,49,50)(H,51,55)(H,52,54,56)/b10-8+/t31?,38-,40?,46?/m0/s1. The Kier molecular flexibility index (Phi) is 15.2. The van der Waals surface area contributed by atoms with E-state index in [1.807, 2.05) is 24.5 Å². The van der Waals surface area contributed by atoms with Crippen molar-refractivity contribution in [2.45, 2.75) is 57.7 Å². The summed E-state index contributed by atoms with van der Waals surface area (Å²) in [5, 5.41) is 19.2. The maximum absolute atomic E-state index is 13.3. The second-order valence-electron chi connectivity index (χ2n) is 15.7. The minimum Gasteiger partial charge on any atom is -0.379 e. The van der Waals surface area contributed by atoms with E-state index in [0.29, 0.717) is 52.1 Å². The summed E-state index contributed by atoms with van der Waals surface area (Å²) in [4.78, 5) is 60.0. The molecule has 0 bridgehead atoms. The maximum Gasteiger partial charge on any atom is 0.259 e. The monoisotopic (exact) mass is 846 g/mol. The Morgan fingerprint density at radius 1 is 0.887 bits per heavy atom. The number of aryl methyl sites for hydroxylation is 1. The third kappa shape index (κ3) is 11.3. The molecule has 15 heteroatoms. The SMILES string of the molecule is Cc1cc(/C=C/c2cc(-c3cccnc3)cnc2NCCOCCOCCOCCOCCC(=O)Nc2cccc3c2C(=O)N(C2CCC(=O)NC2=O)C3O)ccc1[C@H]1CC1C. The molecule has 4 aromatic rings. The van der Waals surface area contributed by atoms with E-state index in [0.717, 1.165) is 38.9 Å². The lowest BCUT2D eigenvalue weighted by atomic mass is 10.00. The number of hydrogen-bond donors (Lipinski definition) is 4. The summed E-state index contributed by atoms with van der Waals surface area (Å²) >= 11 is 0. The first-order valence-corrected chi connectivity index (χ1v) is 21.2. The average molecular weight is 847 g/mol. The highest BCUT2D eigenvalue weighted by molar-refractivity contribution is 6.10. The fourth-order valence-electron chi connectivity index (χ4n) is 7.77. The van der Waals surface area contributed by atoms with Gasteiger partial charge in [0.25, 0.3) is 5.91 Å². The number of hydrogen-bond acceptors (Lipinski definition) is 12. The minimum absolute atomic E-state index is 0.0253. The van der Waals surface area contributed by atoms with Gasteiger partial charge in [0.15, 0.2) is 6.23 Å². The van der Waals surface area contributed by atoms with Crippen molar-refractivity contribution in [3.8, 4) is 11.1 Å². The minimum atomic E-state index is -1.38. The number of aliphatic hydroxyl groups excluding tert-OH is 1. The van der Waals surface area contributed by atoms with Crippen molar-refractivity contribution in [3.05, 3.63) is 107 Å². The number of pyridine rings is 2. The van der Waals surface area contributed by atoms with E-state index in [4.69, 9.17) is 23.9 Å². The zero-order chi connectivity index (χ0) is 43.4. The number of carbonyl (C=O) groups excluding carboxylic acids is 4. The summed E-state index contributed by atoms with van der Waals surface area (Å²) in [6.45, 7) is 7.91. The van der Waals surface area contributed by atoms with Crippen LogP contribution in [0.3, 0.4) is 0 Å². The van der Waals surface area contributed by atoms with Crippen LogP contribution in [0.15, 0.2) is 73.2 Å². The molecule has 0 radical (unpaired) electrons. The van der Waals surface area contributed by atoms with Gasteiger partial charge in [-0.05, 0) is 66.5 Å². The molecule has 4 atom stereocenters. The van der Waals surface area contributed by atoms with Gasteiger partial charge in [-0.1, -0.05) is 55.5 Å². The summed E-state index contributed by atoms with van der Waals surface area (Å²) in [6, 6.07) is 16.5. The number of nitrogens with zero attached hydrogens (tertiary/aromatic N) is 3. The number of aliphatic hydroxyl groups is 1. The fourth-order valence-corrected chi connectivity index (χ4v) is 7.77. The fraction of sp³-hybridized carbons (Fsp3) is 0.404. The topological polar surface area (TPSA) is 191 Å². The molecule has 1 aliphatic carbocycles. The third-order valence-corrected chi connectivity index (χ3v) is 11.2. The van der Waals surface area contributed by atoms with E-state index in [1.165, 1.54) is 17.5 Å². The Labute approximate surface area is 361 Å². The molecule has 2 aromatic carbocycles. The van der Waals surface area contributed by atoms with Crippen LogP contribution in [-0.4, -0.2) is 109 Å². The Morgan fingerprint density at radius 3 is 2.32 bits per heavy atom. The predicted octanol–water partition coefficient (Wildman–Crippen LogP) is 5.50. The summed E-state index contributed by atoms with van der Waals surface area (Å²) in [6.07, 6.45) is 9.77. The Balaban J connectivity index is 0.744. The molecule has 2 fully saturated rings. The number of fused-ring (bicyclic) bond motifs is 1. The van der Waals surface area contributed by atoms with Gasteiger partial charge in [0.2, 0.25) is 17.7 Å². The number of aromatic nitrogens is 2. The maximum atomic E-state index is 13.3. The molecule has 15 nitrogen and oxygen atoms in total. The molecule has 2 aromatic heterocycles. The largest absolute Gasteiger partial charge is 0.379 e. The second-order valence-corrected chi connectivity index (χ2v) is 15.7. The zero-order valence-electron chi connectivity index (χ0n) is 35.1. The predicted molar refractivity (Wildman–Crippen MR) is 233 cm³/mol. The van der Waals surface area contributed by atoms with Crippen molar-refractivity contribution in [1.82, 2.24) is 20.2 Å². The van der Waals surface area contributed by atoms with E-state index in [1.54, 1.807) is 24.4 Å². The van der Waals surface area contributed by atoms with Gasteiger partial charge < -0.3 is 34.7 Å². The quantitative estimate of drug-likeness (QED) is 0.0575. The van der Waals surface area contributed by atoms with E-state index >= 15 is 0 Å². The van der Waals surface area contributed by atoms with Crippen LogP contribution in [0.5, 0.6) is 0 Å². The molecule has 1 saturated heterocycles. The van der Waals surface area contributed by atoms with Crippen molar-refractivity contribution in [2.75, 3.05) is 70.0 Å². The van der Waals surface area contributed by atoms with Crippen molar-refractivity contribution in [2.24, 2.45) is 5.92 Å². The lowest BCUT2D eigenvalue weighted by molar-refractivity contribution is -0.139. The molecule has 4 heterocycles. The van der Waals surface area contributed by atoms with Crippen molar-refractivity contribution in [1.29, 1.82) is 0 Å². The van der Waals surface area contributed by atoms with Gasteiger partial charge in [-0.25, -0.2) is 4.98 Å². The molecule has 62 heavy (non-hydrogen) atoms. The van der Waals surface area contributed by atoms with Crippen LogP contribution >= 0.6 is 0 Å². The molecule has 4 N–H and O–H groups in total. The van der Waals surface area contributed by atoms with Gasteiger partial charge in [-0.15, -0.1) is 0 Å². The van der Waals surface area contributed by atoms with Crippen LogP contribution in [-0.2, 0) is 33.3 Å². The Hall–Kier alpha value is -5.84. The van der Waals surface area contributed by atoms with E-state index < -0.39 is 30.0 Å². The first-order valence-electron chi connectivity index (χ1n) is 21.2. The molecule has 0 spiro atoms. The van der Waals surface area contributed by atoms with Crippen molar-refractivity contribution in [3.63, 3.8) is 0 Å². The highest BCUT2D eigenvalue weighted by Gasteiger charge is 2.45. The van der Waals surface area contributed by atoms with Crippen LogP contribution in [0.2, 0.25) is 0 Å². The van der Waals surface area contributed by atoms with Gasteiger partial charge in [0.1, 0.15) is 11.9 Å². The lowest BCUT2D eigenvalue weighted by Crippen LogP contribution is -2.53. The van der Waals surface area contributed by atoms with Gasteiger partial charge in [-0.3, -0.25) is 34.4 Å². The first-order chi connectivity index (χ1) is 30.2. The molecular formula is C47H54N6O9. The van der Waals surface area contributed by atoms with Crippen LogP contribution < -0.4 is 16.0 Å². The van der Waals surface area contributed by atoms with Gasteiger partial charge in [0, 0.05) is 53.8 Å². The summed E-state index contributed by atoms with van der Waals surface area (Å²) in [7, 11) is 0. The number of amides is 4. The van der Waals surface area contributed by atoms with Crippen LogP contribution in [0, 0.1) is 12.8 Å². The zero-order valence-corrected chi connectivity index (χ0v) is 35.1. The number of nitrogens with one attached hydrogen (secondary N) is 3. The molecule has 326 valence electrons. The number of ether oxygens (including phenoxy) is 4. The average Bonchev–Trinajstić information content (AvgIpc) is 3.94. The van der Waals surface area contributed by atoms with Crippen LogP contribution in [0.1, 0.15) is 82.9 Å². The summed E-state index contributed by atoms with van der Waals surface area (Å²) < 4.78 is 22.5. The van der Waals surface area contributed by atoms with Gasteiger partial charge >= 0.3 is 0 Å². The molecule has 1 saturated carbocycles. The van der Waals surface area contributed by atoms with Crippen molar-refractivity contribution < 1.29 is 43.2 Å². The number of piperidine rings is 1. The van der Waals surface area contributed by atoms with Crippen LogP contribution in [0.25, 0.3) is 23.3 Å². The van der Waals surface area contributed by atoms with E-state index in [9.17, 15) is 24.3 Å². The number of carbonyl (C=O) groups is 4. The Morgan fingerprint density at radius 2 is 1.63 bits per heavy atom. The molecule has 2 aliphatic heterocycles. The number of rotatable bonds is 22. The molecule has 7 rings (SSSR count). The molecule has 4 amide bonds. The smallest absolute Gasteiger partial charge is 0.259 e. The molecular weight excluding hydrogens is 793 g/mol. The normalized spacial score (nSPS) is 19.5. The highest BCUT2D eigenvalue weighted by atomic mass is 16.6. The molecule has 3 aliphatic rings. The van der Waals surface area contributed by atoms with E-state index in [2.05, 4.69) is 71.2 Å². The Bertz CT molecular complexity index is 2250. The van der Waals surface area contributed by atoms with Crippen molar-refractivity contribution >= 4 is 47.3 Å². The van der Waals surface area contributed by atoms with E-state index in [-0.39, 0.29) is 55.2 Å². The second kappa shape index (κ2) is 21.3. The highest BCUT2D eigenvalue weighted by Crippen LogP contribution is 2.48. The third-order valence-electron chi connectivity index (χ3n) is 11.2. The van der Waals surface area contributed by atoms with Crippen LogP contribution in [0.4, 0.5) is 11.5 Å². The lowest BCUT2D eigenvalue weighted by Gasteiger charge is -2.31. The van der Waals surface area contributed by atoms with Gasteiger partial charge in [-0.2, -0.15) is 0 Å². The number of imide groups is 1.